The monoisotopic (exact) mass is 386 g/mol. The smallest absolute Gasteiger partial charge is 0.231 e. The highest BCUT2D eigenvalue weighted by molar-refractivity contribution is 5.90. The summed E-state index contributed by atoms with van der Waals surface area (Å²) in [6.07, 6.45) is 0.618. The quantitative estimate of drug-likeness (QED) is 0.678. The minimum absolute atomic E-state index is 0.136. The third-order valence-electron chi connectivity index (χ3n) is 5.45. The Labute approximate surface area is 167 Å². The summed E-state index contributed by atoms with van der Waals surface area (Å²) in [4.78, 5) is 10.9. The topological polar surface area (TPSA) is 52.5 Å². The lowest BCUT2D eigenvalue weighted by atomic mass is 9.90. The van der Waals surface area contributed by atoms with Gasteiger partial charge in [0.1, 0.15) is 5.84 Å². The standard InChI is InChI=1S/C23H18N2O4/c1-3-7-16(8-4-1)11-22-24-19-13-21-20(26-14-27-21)12-18(19)23(25(22)29-15-28-23)17-9-5-2-6-10-17/h1-10,12-13H,11,14-15H2. The molecule has 6 rings (SSSR count). The van der Waals surface area contributed by atoms with Gasteiger partial charge in [-0.2, -0.15) is 5.06 Å². The van der Waals surface area contributed by atoms with Gasteiger partial charge < -0.3 is 14.2 Å². The molecule has 3 aliphatic rings. The van der Waals surface area contributed by atoms with Crippen molar-refractivity contribution in [3.8, 4) is 11.5 Å². The number of rotatable bonds is 3. The van der Waals surface area contributed by atoms with Crippen molar-refractivity contribution in [1.82, 2.24) is 5.06 Å². The fourth-order valence-corrected chi connectivity index (χ4v) is 4.15. The van der Waals surface area contributed by atoms with Gasteiger partial charge in [0.25, 0.3) is 0 Å². The van der Waals surface area contributed by atoms with Crippen molar-refractivity contribution in [2.75, 3.05) is 13.6 Å². The molecule has 3 aromatic rings. The Morgan fingerprint density at radius 2 is 1.59 bits per heavy atom. The Hall–Kier alpha value is -3.35. The van der Waals surface area contributed by atoms with E-state index in [0.717, 1.165) is 28.2 Å². The first kappa shape index (κ1) is 16.6. The first-order chi connectivity index (χ1) is 14.3. The van der Waals surface area contributed by atoms with E-state index in [1.807, 2.05) is 60.7 Å². The van der Waals surface area contributed by atoms with Gasteiger partial charge >= 0.3 is 0 Å². The van der Waals surface area contributed by atoms with Crippen LogP contribution >= 0.6 is 0 Å². The zero-order valence-corrected chi connectivity index (χ0v) is 15.6. The number of amidine groups is 1. The first-order valence-electron chi connectivity index (χ1n) is 9.53. The summed E-state index contributed by atoms with van der Waals surface area (Å²) >= 11 is 0. The van der Waals surface area contributed by atoms with Gasteiger partial charge in [0.2, 0.25) is 12.5 Å². The average molecular weight is 386 g/mol. The number of hydrogen-bond donors (Lipinski definition) is 0. The first-order valence-corrected chi connectivity index (χ1v) is 9.53. The molecular weight excluding hydrogens is 368 g/mol. The number of hydrogen-bond acceptors (Lipinski definition) is 6. The maximum Gasteiger partial charge on any atom is 0.231 e. The summed E-state index contributed by atoms with van der Waals surface area (Å²) in [6.45, 7) is 0.342. The molecule has 1 atom stereocenters. The van der Waals surface area contributed by atoms with Crippen molar-refractivity contribution in [3.05, 3.63) is 89.5 Å². The minimum Gasteiger partial charge on any atom is -0.454 e. The SMILES string of the molecule is c1ccc(CC2=Nc3cc4c(cc3C3(c5ccccc5)OCON23)OCO4)cc1. The van der Waals surface area contributed by atoms with Gasteiger partial charge in [-0.3, -0.25) is 0 Å². The van der Waals surface area contributed by atoms with E-state index in [2.05, 4.69) is 12.1 Å². The average Bonchev–Trinajstić information content (AvgIpc) is 3.41. The second-order valence-electron chi connectivity index (χ2n) is 7.11. The molecule has 0 spiro atoms. The number of nitrogens with zero attached hydrogens (tertiary/aromatic N) is 2. The maximum absolute atomic E-state index is 6.31. The fourth-order valence-electron chi connectivity index (χ4n) is 4.15. The van der Waals surface area contributed by atoms with Gasteiger partial charge in [-0.15, -0.1) is 0 Å². The van der Waals surface area contributed by atoms with Gasteiger partial charge in [-0.25, -0.2) is 9.83 Å². The molecule has 1 saturated heterocycles. The number of fused-ring (bicyclic) bond motifs is 4. The summed E-state index contributed by atoms with van der Waals surface area (Å²) in [5, 5.41) is 1.81. The molecule has 3 heterocycles. The number of benzene rings is 3. The summed E-state index contributed by atoms with van der Waals surface area (Å²) in [5.41, 5.74) is 2.86. The molecule has 0 radical (unpaired) electrons. The predicted octanol–water partition coefficient (Wildman–Crippen LogP) is 4.12. The Morgan fingerprint density at radius 1 is 0.862 bits per heavy atom. The van der Waals surface area contributed by atoms with Gasteiger partial charge in [-0.05, 0) is 11.6 Å². The van der Waals surface area contributed by atoms with E-state index in [-0.39, 0.29) is 13.6 Å². The Kier molecular flexibility index (Phi) is 3.62. The molecule has 6 nitrogen and oxygen atoms in total. The molecule has 6 heteroatoms. The molecule has 0 amide bonds. The summed E-state index contributed by atoms with van der Waals surface area (Å²) in [6, 6.07) is 24.2. The predicted molar refractivity (Wildman–Crippen MR) is 106 cm³/mol. The van der Waals surface area contributed by atoms with Gasteiger partial charge in [-0.1, -0.05) is 60.7 Å². The maximum atomic E-state index is 6.31. The second-order valence-corrected chi connectivity index (χ2v) is 7.11. The van der Waals surface area contributed by atoms with Gasteiger partial charge in [0, 0.05) is 23.6 Å². The van der Waals surface area contributed by atoms with Crippen LogP contribution in [-0.4, -0.2) is 24.5 Å². The summed E-state index contributed by atoms with van der Waals surface area (Å²) < 4.78 is 17.5. The van der Waals surface area contributed by atoms with Crippen LogP contribution in [0, 0.1) is 0 Å². The van der Waals surface area contributed by atoms with Crippen LogP contribution < -0.4 is 9.47 Å². The molecular formula is C23H18N2O4. The molecule has 1 unspecified atom stereocenters. The normalized spacial score (nSPS) is 21.5. The van der Waals surface area contributed by atoms with Crippen LogP contribution in [0.25, 0.3) is 0 Å². The van der Waals surface area contributed by atoms with E-state index in [9.17, 15) is 0 Å². The van der Waals surface area contributed by atoms with Crippen molar-refractivity contribution in [1.29, 1.82) is 0 Å². The molecule has 29 heavy (non-hydrogen) atoms. The number of hydroxylamine groups is 2. The molecule has 0 N–H and O–H groups in total. The van der Waals surface area contributed by atoms with E-state index in [0.29, 0.717) is 17.9 Å². The molecule has 144 valence electrons. The van der Waals surface area contributed by atoms with Crippen molar-refractivity contribution in [3.63, 3.8) is 0 Å². The lowest BCUT2D eigenvalue weighted by Gasteiger charge is -2.40. The van der Waals surface area contributed by atoms with Gasteiger partial charge in [0.05, 0.1) is 5.69 Å². The zero-order chi connectivity index (χ0) is 19.3. The molecule has 3 aromatic carbocycles. The number of ether oxygens (including phenoxy) is 3. The highest BCUT2D eigenvalue weighted by atomic mass is 16.9. The van der Waals surface area contributed by atoms with E-state index < -0.39 is 5.72 Å². The molecule has 1 fully saturated rings. The second kappa shape index (κ2) is 6.34. The van der Waals surface area contributed by atoms with Crippen LogP contribution in [0.3, 0.4) is 0 Å². The van der Waals surface area contributed by atoms with Crippen LogP contribution in [0.5, 0.6) is 11.5 Å². The van der Waals surface area contributed by atoms with Crippen LogP contribution in [0.4, 0.5) is 5.69 Å². The third kappa shape index (κ3) is 2.46. The lowest BCUT2D eigenvalue weighted by Crippen LogP contribution is -2.48. The Morgan fingerprint density at radius 3 is 2.38 bits per heavy atom. The van der Waals surface area contributed by atoms with Crippen molar-refractivity contribution in [2.45, 2.75) is 12.1 Å². The Balaban J connectivity index is 1.57. The lowest BCUT2D eigenvalue weighted by molar-refractivity contribution is -0.0992. The van der Waals surface area contributed by atoms with Crippen LogP contribution in [-0.2, 0) is 21.7 Å². The van der Waals surface area contributed by atoms with Crippen LogP contribution in [0.2, 0.25) is 0 Å². The minimum atomic E-state index is -0.927. The van der Waals surface area contributed by atoms with Crippen LogP contribution in [0.15, 0.2) is 77.8 Å². The Bertz CT molecular complexity index is 1100. The fraction of sp³-hybridized carbons (Fsp3) is 0.174. The molecule has 0 saturated carbocycles. The zero-order valence-electron chi connectivity index (χ0n) is 15.6. The highest BCUT2D eigenvalue weighted by Gasteiger charge is 2.53. The highest BCUT2D eigenvalue weighted by Crippen LogP contribution is 2.52. The summed E-state index contributed by atoms with van der Waals surface area (Å²) in [5.74, 6) is 2.17. The molecule has 0 aromatic heterocycles. The van der Waals surface area contributed by atoms with Gasteiger partial charge in [0.15, 0.2) is 18.3 Å². The van der Waals surface area contributed by atoms with E-state index in [1.54, 1.807) is 5.06 Å². The van der Waals surface area contributed by atoms with Crippen LogP contribution in [0.1, 0.15) is 16.7 Å². The van der Waals surface area contributed by atoms with E-state index >= 15 is 0 Å². The van der Waals surface area contributed by atoms with Crippen molar-refractivity contribution < 1.29 is 19.0 Å². The van der Waals surface area contributed by atoms with Crippen molar-refractivity contribution >= 4 is 11.5 Å². The van der Waals surface area contributed by atoms with E-state index in [4.69, 9.17) is 24.0 Å². The molecule has 0 aliphatic carbocycles. The third-order valence-corrected chi connectivity index (χ3v) is 5.45. The molecule has 0 bridgehead atoms. The van der Waals surface area contributed by atoms with E-state index in [1.165, 1.54) is 0 Å². The van der Waals surface area contributed by atoms with Crippen molar-refractivity contribution in [2.24, 2.45) is 4.99 Å². The molecule has 3 aliphatic heterocycles. The largest absolute Gasteiger partial charge is 0.454 e. The summed E-state index contributed by atoms with van der Waals surface area (Å²) in [7, 11) is 0. The number of aliphatic imine (C=N–C) groups is 1.